The SMILES string of the molecule is NCC(O)Cc1cccnc1Br. The van der Waals surface area contributed by atoms with Crippen LogP contribution in [0.1, 0.15) is 5.56 Å². The summed E-state index contributed by atoms with van der Waals surface area (Å²) in [4.78, 5) is 4.03. The molecule has 3 nitrogen and oxygen atoms in total. The Balaban J connectivity index is 2.69. The summed E-state index contributed by atoms with van der Waals surface area (Å²) in [5, 5.41) is 9.26. The molecule has 12 heavy (non-hydrogen) atoms. The minimum Gasteiger partial charge on any atom is -0.391 e. The molecule has 1 aromatic rings. The van der Waals surface area contributed by atoms with Gasteiger partial charge in [0.1, 0.15) is 4.60 Å². The van der Waals surface area contributed by atoms with Crippen molar-refractivity contribution >= 4 is 15.9 Å². The second-order valence-electron chi connectivity index (χ2n) is 2.55. The molecule has 0 aliphatic heterocycles. The number of hydrogen-bond acceptors (Lipinski definition) is 3. The van der Waals surface area contributed by atoms with E-state index in [1.165, 1.54) is 0 Å². The molecule has 0 radical (unpaired) electrons. The van der Waals surface area contributed by atoms with Crippen molar-refractivity contribution < 1.29 is 5.11 Å². The Morgan fingerprint density at radius 2 is 2.42 bits per heavy atom. The minimum absolute atomic E-state index is 0.279. The van der Waals surface area contributed by atoms with Gasteiger partial charge in [0.05, 0.1) is 6.10 Å². The highest BCUT2D eigenvalue weighted by molar-refractivity contribution is 9.10. The first kappa shape index (κ1) is 9.64. The fourth-order valence-corrected chi connectivity index (χ4v) is 1.32. The number of nitrogens with two attached hydrogens (primary N) is 1. The molecule has 4 heteroatoms. The summed E-state index contributed by atoms with van der Waals surface area (Å²) >= 11 is 3.29. The van der Waals surface area contributed by atoms with Crippen LogP contribution < -0.4 is 5.73 Å². The summed E-state index contributed by atoms with van der Waals surface area (Å²) in [5.41, 5.74) is 6.27. The average molecular weight is 231 g/mol. The first-order valence-electron chi connectivity index (χ1n) is 3.71. The fraction of sp³-hybridized carbons (Fsp3) is 0.375. The molecule has 0 aromatic carbocycles. The van der Waals surface area contributed by atoms with E-state index >= 15 is 0 Å². The third-order valence-electron chi connectivity index (χ3n) is 1.56. The summed E-state index contributed by atoms with van der Waals surface area (Å²) in [5.74, 6) is 0. The van der Waals surface area contributed by atoms with E-state index in [0.29, 0.717) is 6.42 Å². The van der Waals surface area contributed by atoms with Crippen molar-refractivity contribution in [3.8, 4) is 0 Å². The van der Waals surface area contributed by atoms with Gasteiger partial charge >= 0.3 is 0 Å². The van der Waals surface area contributed by atoms with Crippen LogP contribution in [0.5, 0.6) is 0 Å². The van der Waals surface area contributed by atoms with Crippen molar-refractivity contribution in [2.45, 2.75) is 12.5 Å². The molecule has 0 spiro atoms. The number of rotatable bonds is 3. The van der Waals surface area contributed by atoms with Crippen LogP contribution in [0.15, 0.2) is 22.9 Å². The molecule has 0 bridgehead atoms. The topological polar surface area (TPSA) is 59.1 Å². The van der Waals surface area contributed by atoms with Gasteiger partial charge in [0, 0.05) is 19.2 Å². The number of aromatic nitrogens is 1. The van der Waals surface area contributed by atoms with Crippen LogP contribution >= 0.6 is 15.9 Å². The maximum atomic E-state index is 9.26. The normalized spacial score (nSPS) is 12.9. The number of hydrogen-bond donors (Lipinski definition) is 2. The van der Waals surface area contributed by atoms with Crippen LogP contribution in [0.25, 0.3) is 0 Å². The standard InChI is InChI=1S/C8H11BrN2O/c9-8-6(2-1-3-11-8)4-7(12)5-10/h1-3,7,12H,4-5,10H2. The smallest absolute Gasteiger partial charge is 0.109 e. The van der Waals surface area contributed by atoms with Gasteiger partial charge in [-0.15, -0.1) is 0 Å². The van der Waals surface area contributed by atoms with Crippen LogP contribution in [0.4, 0.5) is 0 Å². The van der Waals surface area contributed by atoms with Crippen molar-refractivity contribution in [2.24, 2.45) is 5.73 Å². The third-order valence-corrected chi connectivity index (χ3v) is 2.28. The van der Waals surface area contributed by atoms with E-state index in [4.69, 9.17) is 5.73 Å². The minimum atomic E-state index is -0.481. The quantitative estimate of drug-likeness (QED) is 0.753. The number of nitrogens with zero attached hydrogens (tertiary/aromatic N) is 1. The van der Waals surface area contributed by atoms with E-state index in [2.05, 4.69) is 20.9 Å². The monoisotopic (exact) mass is 230 g/mol. The highest BCUT2D eigenvalue weighted by Crippen LogP contribution is 2.13. The van der Waals surface area contributed by atoms with Crippen LogP contribution in [0.3, 0.4) is 0 Å². The molecule has 3 N–H and O–H groups in total. The zero-order valence-corrected chi connectivity index (χ0v) is 8.16. The van der Waals surface area contributed by atoms with E-state index in [0.717, 1.165) is 10.2 Å². The Hall–Kier alpha value is -0.450. The summed E-state index contributed by atoms with van der Waals surface area (Å²) in [6.45, 7) is 0.279. The second-order valence-corrected chi connectivity index (χ2v) is 3.30. The summed E-state index contributed by atoms with van der Waals surface area (Å²) < 4.78 is 0.775. The second kappa shape index (κ2) is 4.54. The van der Waals surface area contributed by atoms with E-state index in [9.17, 15) is 5.11 Å². The molecule has 0 saturated carbocycles. The van der Waals surface area contributed by atoms with Gasteiger partial charge in [-0.05, 0) is 27.6 Å². The molecule has 1 rings (SSSR count). The highest BCUT2D eigenvalue weighted by Gasteiger charge is 2.05. The lowest BCUT2D eigenvalue weighted by molar-refractivity contribution is 0.183. The largest absolute Gasteiger partial charge is 0.391 e. The average Bonchev–Trinajstić information content (AvgIpc) is 2.09. The summed E-state index contributed by atoms with van der Waals surface area (Å²) in [6, 6.07) is 3.75. The van der Waals surface area contributed by atoms with E-state index in [1.807, 2.05) is 12.1 Å². The molecule has 0 amide bonds. The Morgan fingerprint density at radius 3 is 3.00 bits per heavy atom. The van der Waals surface area contributed by atoms with Gasteiger partial charge in [-0.3, -0.25) is 0 Å². The van der Waals surface area contributed by atoms with Crippen LogP contribution in [0, 0.1) is 0 Å². The van der Waals surface area contributed by atoms with Crippen molar-refractivity contribution in [3.05, 3.63) is 28.5 Å². The Morgan fingerprint density at radius 1 is 1.67 bits per heavy atom. The van der Waals surface area contributed by atoms with Gasteiger partial charge in [0.25, 0.3) is 0 Å². The van der Waals surface area contributed by atoms with E-state index in [1.54, 1.807) is 6.20 Å². The van der Waals surface area contributed by atoms with Crippen molar-refractivity contribution in [1.82, 2.24) is 4.98 Å². The number of aliphatic hydroxyl groups is 1. The third kappa shape index (κ3) is 2.55. The van der Waals surface area contributed by atoms with E-state index < -0.39 is 6.10 Å². The van der Waals surface area contributed by atoms with Crippen molar-refractivity contribution in [1.29, 1.82) is 0 Å². The summed E-state index contributed by atoms with van der Waals surface area (Å²) in [6.07, 6.45) is 1.76. The molecule has 0 saturated heterocycles. The number of pyridine rings is 1. The molecule has 1 aromatic heterocycles. The van der Waals surface area contributed by atoms with E-state index in [-0.39, 0.29) is 6.54 Å². The Kier molecular flexibility index (Phi) is 3.65. The Labute approximate surface area is 79.7 Å². The maximum absolute atomic E-state index is 9.26. The first-order valence-corrected chi connectivity index (χ1v) is 4.51. The molecular weight excluding hydrogens is 220 g/mol. The van der Waals surface area contributed by atoms with Crippen LogP contribution in [-0.4, -0.2) is 22.7 Å². The van der Waals surface area contributed by atoms with Gasteiger partial charge in [-0.1, -0.05) is 6.07 Å². The van der Waals surface area contributed by atoms with Gasteiger partial charge < -0.3 is 10.8 Å². The molecule has 0 fully saturated rings. The van der Waals surface area contributed by atoms with Gasteiger partial charge in [-0.25, -0.2) is 4.98 Å². The molecule has 0 aliphatic carbocycles. The summed E-state index contributed by atoms with van der Waals surface area (Å²) in [7, 11) is 0. The van der Waals surface area contributed by atoms with Gasteiger partial charge in [0.2, 0.25) is 0 Å². The first-order chi connectivity index (χ1) is 5.74. The predicted octanol–water partition coefficient (Wildman–Crippen LogP) is 0.706. The van der Waals surface area contributed by atoms with Gasteiger partial charge in [-0.2, -0.15) is 0 Å². The number of aliphatic hydroxyl groups excluding tert-OH is 1. The molecule has 1 unspecified atom stereocenters. The zero-order valence-electron chi connectivity index (χ0n) is 6.57. The molecule has 0 aliphatic rings. The van der Waals surface area contributed by atoms with Gasteiger partial charge in [0.15, 0.2) is 0 Å². The lowest BCUT2D eigenvalue weighted by atomic mass is 10.1. The predicted molar refractivity (Wildman–Crippen MR) is 50.7 cm³/mol. The lowest BCUT2D eigenvalue weighted by Crippen LogP contribution is -2.22. The van der Waals surface area contributed by atoms with Crippen LogP contribution in [-0.2, 0) is 6.42 Å². The number of halogens is 1. The van der Waals surface area contributed by atoms with Crippen LogP contribution in [0.2, 0.25) is 0 Å². The highest BCUT2D eigenvalue weighted by atomic mass is 79.9. The maximum Gasteiger partial charge on any atom is 0.109 e. The molecule has 66 valence electrons. The molecule has 1 atom stereocenters. The van der Waals surface area contributed by atoms with Crippen molar-refractivity contribution in [2.75, 3.05) is 6.54 Å². The zero-order chi connectivity index (χ0) is 8.97. The Bertz CT molecular complexity index is 255. The molecule has 1 heterocycles. The fourth-order valence-electron chi connectivity index (χ4n) is 0.909. The van der Waals surface area contributed by atoms with Crippen molar-refractivity contribution in [3.63, 3.8) is 0 Å². The lowest BCUT2D eigenvalue weighted by Gasteiger charge is -2.07. The molecular formula is C8H11BrN2O.